The van der Waals surface area contributed by atoms with Crippen molar-refractivity contribution in [3.05, 3.63) is 64.4 Å². The highest BCUT2D eigenvalue weighted by molar-refractivity contribution is 7.12. The molecule has 2 amide bonds. The van der Waals surface area contributed by atoms with Crippen molar-refractivity contribution in [3.63, 3.8) is 0 Å². The van der Waals surface area contributed by atoms with Gasteiger partial charge in [0.05, 0.1) is 4.88 Å². The molecule has 0 fully saturated rings. The number of hydrogen-bond acceptors (Lipinski definition) is 3. The summed E-state index contributed by atoms with van der Waals surface area (Å²) in [6, 6.07) is 13.3. The molecule has 0 saturated heterocycles. The molecule has 0 aliphatic heterocycles. The third-order valence-corrected chi connectivity index (χ3v) is 3.78. The van der Waals surface area contributed by atoms with Gasteiger partial charge in [0.25, 0.3) is 5.91 Å². The van der Waals surface area contributed by atoms with Crippen LogP contribution in [0, 0.1) is 0 Å². The zero-order valence-electron chi connectivity index (χ0n) is 12.1. The van der Waals surface area contributed by atoms with E-state index in [-0.39, 0.29) is 11.8 Å². The predicted octanol–water partition coefficient (Wildman–Crippen LogP) is 2.70. The van der Waals surface area contributed by atoms with Crippen LogP contribution in [-0.2, 0) is 4.79 Å². The van der Waals surface area contributed by atoms with Crippen molar-refractivity contribution in [1.82, 2.24) is 10.6 Å². The lowest BCUT2D eigenvalue weighted by molar-refractivity contribution is -0.116. The topological polar surface area (TPSA) is 58.2 Å². The average Bonchev–Trinajstić information content (AvgIpc) is 3.08. The third-order valence-electron chi connectivity index (χ3n) is 2.91. The Kier molecular flexibility index (Phi) is 6.39. The van der Waals surface area contributed by atoms with Crippen LogP contribution in [0.2, 0.25) is 0 Å². The van der Waals surface area contributed by atoms with Crippen LogP contribution in [0.4, 0.5) is 0 Å². The highest BCUT2D eigenvalue weighted by atomic mass is 32.1. The van der Waals surface area contributed by atoms with E-state index in [2.05, 4.69) is 10.6 Å². The van der Waals surface area contributed by atoms with Gasteiger partial charge in [0, 0.05) is 19.2 Å². The first kappa shape index (κ1) is 16.0. The molecule has 0 aliphatic carbocycles. The number of thiophene rings is 1. The Balaban J connectivity index is 1.59. The smallest absolute Gasteiger partial charge is 0.261 e. The summed E-state index contributed by atoms with van der Waals surface area (Å²) in [7, 11) is 0. The Bertz CT molecular complexity index is 621. The van der Waals surface area contributed by atoms with Crippen LogP contribution in [0.15, 0.2) is 53.9 Å². The second-order valence-electron chi connectivity index (χ2n) is 4.62. The Morgan fingerprint density at radius 2 is 1.77 bits per heavy atom. The lowest BCUT2D eigenvalue weighted by atomic mass is 10.2. The van der Waals surface area contributed by atoms with Gasteiger partial charge in [-0.15, -0.1) is 11.3 Å². The number of hydrogen-bond donors (Lipinski definition) is 2. The average molecular weight is 314 g/mol. The van der Waals surface area contributed by atoms with Crippen molar-refractivity contribution < 1.29 is 9.59 Å². The van der Waals surface area contributed by atoms with Gasteiger partial charge >= 0.3 is 0 Å². The van der Waals surface area contributed by atoms with Crippen molar-refractivity contribution in [1.29, 1.82) is 0 Å². The minimum absolute atomic E-state index is 0.0645. The van der Waals surface area contributed by atoms with Gasteiger partial charge in [-0.05, 0) is 29.5 Å². The molecule has 2 rings (SSSR count). The number of carbonyl (C=O) groups excluding carboxylic acids is 2. The van der Waals surface area contributed by atoms with Gasteiger partial charge in [0.15, 0.2) is 0 Å². The summed E-state index contributed by atoms with van der Waals surface area (Å²) in [6.07, 6.45) is 3.98. The summed E-state index contributed by atoms with van der Waals surface area (Å²) < 4.78 is 0. The van der Waals surface area contributed by atoms with Crippen molar-refractivity contribution >= 4 is 29.2 Å². The maximum atomic E-state index is 11.7. The molecule has 0 unspecified atom stereocenters. The molecule has 0 saturated carbocycles. The highest BCUT2D eigenvalue weighted by Gasteiger charge is 2.04. The molecule has 0 spiro atoms. The molecule has 114 valence electrons. The summed E-state index contributed by atoms with van der Waals surface area (Å²) >= 11 is 1.41. The van der Waals surface area contributed by atoms with Crippen molar-refractivity contribution in [2.75, 3.05) is 13.1 Å². The number of benzene rings is 1. The zero-order valence-corrected chi connectivity index (χ0v) is 12.9. The molecule has 0 aliphatic rings. The first-order valence-corrected chi connectivity index (χ1v) is 7.96. The van der Waals surface area contributed by atoms with Crippen LogP contribution < -0.4 is 10.6 Å². The van der Waals surface area contributed by atoms with Crippen molar-refractivity contribution in [2.45, 2.75) is 6.42 Å². The summed E-state index contributed by atoms with van der Waals surface area (Å²) in [5.74, 6) is -0.196. The molecule has 0 atom stereocenters. The fraction of sp³-hybridized carbons (Fsp3) is 0.176. The third kappa shape index (κ3) is 5.54. The fourth-order valence-corrected chi connectivity index (χ4v) is 2.43. The van der Waals surface area contributed by atoms with E-state index in [1.54, 1.807) is 12.1 Å². The second-order valence-corrected chi connectivity index (χ2v) is 5.57. The van der Waals surface area contributed by atoms with Gasteiger partial charge < -0.3 is 10.6 Å². The molecule has 0 bridgehead atoms. The van der Waals surface area contributed by atoms with E-state index in [1.807, 2.05) is 41.8 Å². The number of nitrogens with one attached hydrogen (secondary N) is 2. The molecule has 1 aromatic carbocycles. The first-order valence-electron chi connectivity index (χ1n) is 7.08. The molecular weight excluding hydrogens is 296 g/mol. The Morgan fingerprint density at radius 3 is 2.50 bits per heavy atom. The van der Waals surface area contributed by atoms with Crippen LogP contribution in [0.1, 0.15) is 21.7 Å². The summed E-state index contributed by atoms with van der Waals surface area (Å²) in [6.45, 7) is 1.07. The Labute approximate surface area is 133 Å². The van der Waals surface area contributed by atoms with E-state index in [0.29, 0.717) is 24.4 Å². The normalized spacial score (nSPS) is 10.5. The Morgan fingerprint density at radius 1 is 1.00 bits per heavy atom. The lowest BCUT2D eigenvalue weighted by Crippen LogP contribution is -2.28. The molecule has 5 heteroatoms. The van der Waals surface area contributed by atoms with Crippen molar-refractivity contribution in [2.24, 2.45) is 0 Å². The molecule has 1 heterocycles. The van der Waals surface area contributed by atoms with Gasteiger partial charge in [-0.2, -0.15) is 0 Å². The molecule has 4 nitrogen and oxygen atoms in total. The number of rotatable bonds is 7. The molecular formula is C17H18N2O2S. The van der Waals surface area contributed by atoms with Gasteiger partial charge in [0.1, 0.15) is 0 Å². The van der Waals surface area contributed by atoms with E-state index in [4.69, 9.17) is 0 Å². The van der Waals surface area contributed by atoms with Gasteiger partial charge in [-0.25, -0.2) is 0 Å². The number of carbonyl (C=O) groups is 2. The lowest BCUT2D eigenvalue weighted by Gasteiger charge is -2.04. The minimum Gasteiger partial charge on any atom is -0.352 e. The van der Waals surface area contributed by atoms with Crippen LogP contribution in [0.3, 0.4) is 0 Å². The van der Waals surface area contributed by atoms with Crippen molar-refractivity contribution in [3.8, 4) is 0 Å². The van der Waals surface area contributed by atoms with Gasteiger partial charge in [-0.1, -0.05) is 36.4 Å². The molecule has 0 radical (unpaired) electrons. The van der Waals surface area contributed by atoms with Crippen LogP contribution in [0.5, 0.6) is 0 Å². The summed E-state index contributed by atoms with van der Waals surface area (Å²) in [5.41, 5.74) is 0.987. The molecule has 2 aromatic rings. The van der Waals surface area contributed by atoms with Crippen LogP contribution in [-0.4, -0.2) is 24.9 Å². The Hall–Kier alpha value is -2.40. The van der Waals surface area contributed by atoms with Gasteiger partial charge in [0.2, 0.25) is 5.91 Å². The minimum atomic E-state index is -0.131. The van der Waals surface area contributed by atoms with E-state index >= 15 is 0 Å². The van der Waals surface area contributed by atoms with E-state index < -0.39 is 0 Å². The first-order chi connectivity index (χ1) is 10.8. The van der Waals surface area contributed by atoms with Crippen LogP contribution >= 0.6 is 11.3 Å². The SMILES string of the molecule is O=C(C=Cc1ccccc1)NCCCNC(=O)c1cccs1. The summed E-state index contributed by atoms with van der Waals surface area (Å²) in [5, 5.41) is 7.48. The predicted molar refractivity (Wildman–Crippen MR) is 89.8 cm³/mol. The van der Waals surface area contributed by atoms with Crippen LogP contribution in [0.25, 0.3) is 6.08 Å². The van der Waals surface area contributed by atoms with E-state index in [1.165, 1.54) is 17.4 Å². The monoisotopic (exact) mass is 314 g/mol. The van der Waals surface area contributed by atoms with Gasteiger partial charge in [-0.3, -0.25) is 9.59 Å². The second kappa shape index (κ2) is 8.79. The standard InChI is InChI=1S/C17H18N2O2S/c20-16(10-9-14-6-2-1-3-7-14)18-11-5-12-19-17(21)15-8-4-13-22-15/h1-4,6-10,13H,5,11-12H2,(H,18,20)(H,19,21). The quantitative estimate of drug-likeness (QED) is 0.610. The van der Waals surface area contributed by atoms with E-state index in [0.717, 1.165) is 5.56 Å². The molecule has 22 heavy (non-hydrogen) atoms. The molecule has 2 N–H and O–H groups in total. The fourth-order valence-electron chi connectivity index (χ4n) is 1.79. The highest BCUT2D eigenvalue weighted by Crippen LogP contribution is 2.07. The maximum absolute atomic E-state index is 11.7. The number of amides is 2. The summed E-state index contributed by atoms with van der Waals surface area (Å²) in [4.78, 5) is 24.0. The molecule has 1 aromatic heterocycles. The zero-order chi connectivity index (χ0) is 15.6. The maximum Gasteiger partial charge on any atom is 0.261 e. The van der Waals surface area contributed by atoms with E-state index in [9.17, 15) is 9.59 Å². The largest absolute Gasteiger partial charge is 0.352 e.